The van der Waals surface area contributed by atoms with Crippen molar-refractivity contribution in [1.29, 1.82) is 0 Å². The van der Waals surface area contributed by atoms with Gasteiger partial charge in [0.25, 0.3) is 0 Å². The minimum atomic E-state index is -0.511. The van der Waals surface area contributed by atoms with Gasteiger partial charge in [0.15, 0.2) is 0 Å². The topological polar surface area (TPSA) is 50.6 Å². The number of fused-ring (bicyclic) bond motifs is 1. The van der Waals surface area contributed by atoms with Gasteiger partial charge in [0.2, 0.25) is 5.91 Å². The molecule has 6 nitrogen and oxygen atoms in total. The fourth-order valence-electron chi connectivity index (χ4n) is 5.41. The zero-order valence-electron chi connectivity index (χ0n) is 22.7. The highest BCUT2D eigenvalue weighted by Gasteiger charge is 2.31. The summed E-state index contributed by atoms with van der Waals surface area (Å²) in [6.07, 6.45) is 3.30. The van der Waals surface area contributed by atoms with E-state index >= 15 is 0 Å². The molecule has 0 spiro atoms. The molecule has 36 heavy (non-hydrogen) atoms. The Morgan fingerprint density at radius 2 is 1.75 bits per heavy atom. The lowest BCUT2D eigenvalue weighted by atomic mass is 9.83. The molecule has 1 aliphatic rings. The molecule has 0 bridgehead atoms. The Balaban J connectivity index is 1.33. The van der Waals surface area contributed by atoms with Gasteiger partial charge in [-0.15, -0.1) is 0 Å². The third kappa shape index (κ3) is 5.81. The van der Waals surface area contributed by atoms with Crippen LogP contribution in [0.4, 0.5) is 0 Å². The number of rotatable bonds is 10. The maximum atomic E-state index is 12.6. The number of ether oxygens (including phenoxy) is 1. The van der Waals surface area contributed by atoms with Crippen LogP contribution < -0.4 is 0 Å². The SMILES string of the molecule is CCOCCn1c(C2CCN(CCc3ccc(C(C)(C)C(=O)N(C)C)cc3)CC2)nc2ccccc21. The average molecular weight is 491 g/mol. The lowest BCUT2D eigenvalue weighted by Gasteiger charge is -2.32. The summed E-state index contributed by atoms with van der Waals surface area (Å²) in [6, 6.07) is 17.1. The first-order valence-electron chi connectivity index (χ1n) is 13.4. The number of benzene rings is 2. The predicted octanol–water partition coefficient (Wildman–Crippen LogP) is 4.86. The van der Waals surface area contributed by atoms with Crippen LogP contribution in [0.25, 0.3) is 11.0 Å². The van der Waals surface area contributed by atoms with E-state index in [0.717, 1.165) is 69.7 Å². The van der Waals surface area contributed by atoms with Crippen LogP contribution in [0, 0.1) is 0 Å². The summed E-state index contributed by atoms with van der Waals surface area (Å²) in [5.41, 5.74) is 4.19. The molecule has 3 aromatic rings. The number of hydrogen-bond donors (Lipinski definition) is 0. The van der Waals surface area contributed by atoms with Crippen molar-refractivity contribution in [3.8, 4) is 0 Å². The molecule has 0 N–H and O–H groups in total. The van der Waals surface area contributed by atoms with Crippen molar-refractivity contribution in [3.63, 3.8) is 0 Å². The molecule has 0 aliphatic carbocycles. The minimum Gasteiger partial charge on any atom is -0.380 e. The van der Waals surface area contributed by atoms with Gasteiger partial charge in [-0.2, -0.15) is 0 Å². The number of likely N-dealkylation sites (tertiary alicyclic amines) is 1. The maximum absolute atomic E-state index is 12.6. The van der Waals surface area contributed by atoms with Gasteiger partial charge in [-0.05, 0) is 76.4 Å². The standard InChI is InChI=1S/C30H42N4O2/c1-6-36-22-21-34-27-10-8-7-9-26(27)31-28(34)24-16-19-33(20-17-24)18-15-23-11-13-25(14-12-23)30(2,3)29(35)32(4)5/h7-14,24H,6,15-22H2,1-5H3. The predicted molar refractivity (Wildman–Crippen MR) is 147 cm³/mol. The Morgan fingerprint density at radius 1 is 1.06 bits per heavy atom. The molecule has 0 radical (unpaired) electrons. The summed E-state index contributed by atoms with van der Waals surface area (Å²) in [5.74, 6) is 1.84. The molecule has 6 heteroatoms. The second kappa shape index (κ2) is 11.6. The molecular formula is C30H42N4O2. The molecule has 1 aliphatic heterocycles. The normalized spacial score (nSPS) is 15.5. The van der Waals surface area contributed by atoms with Gasteiger partial charge in [-0.3, -0.25) is 4.79 Å². The van der Waals surface area contributed by atoms with Crippen LogP contribution in [-0.4, -0.2) is 72.2 Å². The van der Waals surface area contributed by atoms with E-state index in [2.05, 4.69) is 58.0 Å². The van der Waals surface area contributed by atoms with E-state index in [1.54, 1.807) is 4.90 Å². The van der Waals surface area contributed by atoms with Crippen molar-refractivity contribution in [2.24, 2.45) is 0 Å². The van der Waals surface area contributed by atoms with Gasteiger partial charge in [-0.25, -0.2) is 4.98 Å². The van der Waals surface area contributed by atoms with E-state index in [0.29, 0.717) is 5.92 Å². The number of para-hydroxylation sites is 2. The highest BCUT2D eigenvalue weighted by Crippen LogP contribution is 2.31. The average Bonchev–Trinajstić information content (AvgIpc) is 3.26. The molecule has 194 valence electrons. The molecule has 0 unspecified atom stereocenters. The third-order valence-electron chi connectivity index (χ3n) is 7.63. The quantitative estimate of drug-likeness (QED) is 0.381. The largest absolute Gasteiger partial charge is 0.380 e. The van der Waals surface area contributed by atoms with Crippen LogP contribution in [0.15, 0.2) is 48.5 Å². The number of nitrogens with zero attached hydrogens (tertiary/aromatic N) is 4. The highest BCUT2D eigenvalue weighted by atomic mass is 16.5. The molecule has 1 aromatic heterocycles. The fraction of sp³-hybridized carbons (Fsp3) is 0.533. The zero-order chi connectivity index (χ0) is 25.7. The number of carbonyl (C=O) groups excluding carboxylic acids is 1. The summed E-state index contributed by atoms with van der Waals surface area (Å²) in [4.78, 5) is 21.9. The van der Waals surface area contributed by atoms with E-state index < -0.39 is 5.41 Å². The lowest BCUT2D eigenvalue weighted by molar-refractivity contribution is -0.133. The number of amides is 1. The first kappa shape index (κ1) is 26.4. The molecule has 1 amide bonds. The Hall–Kier alpha value is -2.70. The number of piperidine rings is 1. The summed E-state index contributed by atoms with van der Waals surface area (Å²) in [5, 5.41) is 0. The number of likely N-dealkylation sites (N-methyl/N-ethyl adjacent to an activating group) is 1. The molecule has 0 atom stereocenters. The number of carbonyl (C=O) groups is 1. The molecule has 4 rings (SSSR count). The van der Waals surface area contributed by atoms with Gasteiger partial charge >= 0.3 is 0 Å². The smallest absolute Gasteiger partial charge is 0.232 e. The summed E-state index contributed by atoms with van der Waals surface area (Å²) < 4.78 is 8.05. The molecular weight excluding hydrogens is 448 g/mol. The van der Waals surface area contributed by atoms with Crippen molar-refractivity contribution in [2.75, 3.05) is 46.9 Å². The number of aromatic nitrogens is 2. The Kier molecular flexibility index (Phi) is 8.47. The summed E-state index contributed by atoms with van der Waals surface area (Å²) >= 11 is 0. The molecule has 2 heterocycles. The first-order valence-corrected chi connectivity index (χ1v) is 13.4. The van der Waals surface area contributed by atoms with Crippen molar-refractivity contribution in [3.05, 3.63) is 65.5 Å². The van der Waals surface area contributed by atoms with E-state index in [4.69, 9.17) is 9.72 Å². The van der Waals surface area contributed by atoms with Gasteiger partial charge in [0.1, 0.15) is 5.82 Å². The van der Waals surface area contributed by atoms with Crippen LogP contribution in [0.3, 0.4) is 0 Å². The molecule has 2 aromatic carbocycles. The van der Waals surface area contributed by atoms with Crippen LogP contribution in [0.2, 0.25) is 0 Å². The summed E-state index contributed by atoms with van der Waals surface area (Å²) in [7, 11) is 3.64. The van der Waals surface area contributed by atoms with Gasteiger partial charge in [-0.1, -0.05) is 36.4 Å². The monoisotopic (exact) mass is 490 g/mol. The van der Waals surface area contributed by atoms with Crippen LogP contribution in [-0.2, 0) is 27.9 Å². The van der Waals surface area contributed by atoms with Gasteiger partial charge in [0, 0.05) is 39.7 Å². The van der Waals surface area contributed by atoms with Gasteiger partial charge < -0.3 is 19.1 Å². The lowest BCUT2D eigenvalue weighted by Crippen LogP contribution is -2.39. The van der Waals surface area contributed by atoms with Crippen LogP contribution in [0.1, 0.15) is 56.5 Å². The number of hydrogen-bond acceptors (Lipinski definition) is 4. The van der Waals surface area contributed by atoms with Gasteiger partial charge in [0.05, 0.1) is 23.1 Å². The van der Waals surface area contributed by atoms with E-state index in [9.17, 15) is 4.79 Å². The van der Waals surface area contributed by atoms with Crippen LogP contribution in [0.5, 0.6) is 0 Å². The van der Waals surface area contributed by atoms with Crippen molar-refractivity contribution in [1.82, 2.24) is 19.4 Å². The minimum absolute atomic E-state index is 0.129. The van der Waals surface area contributed by atoms with Crippen molar-refractivity contribution >= 4 is 16.9 Å². The van der Waals surface area contributed by atoms with Crippen molar-refractivity contribution < 1.29 is 9.53 Å². The summed E-state index contributed by atoms with van der Waals surface area (Å²) in [6.45, 7) is 11.6. The number of imidazole rings is 1. The third-order valence-corrected chi connectivity index (χ3v) is 7.63. The zero-order valence-corrected chi connectivity index (χ0v) is 22.7. The second-order valence-electron chi connectivity index (χ2n) is 10.7. The first-order chi connectivity index (χ1) is 17.3. The Labute approximate surface area is 216 Å². The Bertz CT molecular complexity index is 1140. The molecule has 1 saturated heterocycles. The van der Waals surface area contributed by atoms with Crippen molar-refractivity contribution in [2.45, 2.75) is 57.9 Å². The van der Waals surface area contributed by atoms with E-state index in [-0.39, 0.29) is 5.91 Å². The fourth-order valence-corrected chi connectivity index (χ4v) is 5.41. The molecule has 0 saturated carbocycles. The van der Waals surface area contributed by atoms with E-state index in [1.807, 2.05) is 34.9 Å². The Morgan fingerprint density at radius 3 is 2.42 bits per heavy atom. The molecule has 1 fully saturated rings. The van der Waals surface area contributed by atoms with E-state index in [1.165, 1.54) is 16.9 Å². The highest BCUT2D eigenvalue weighted by molar-refractivity contribution is 5.87. The second-order valence-corrected chi connectivity index (χ2v) is 10.7. The maximum Gasteiger partial charge on any atom is 0.232 e. The van der Waals surface area contributed by atoms with Crippen LogP contribution >= 0.6 is 0 Å².